The molecule has 1 aromatic carbocycles. The van der Waals surface area contributed by atoms with E-state index in [0.717, 1.165) is 22.6 Å². The van der Waals surface area contributed by atoms with E-state index in [1.807, 2.05) is 6.07 Å². The van der Waals surface area contributed by atoms with Gasteiger partial charge in [0.15, 0.2) is 5.96 Å². The van der Waals surface area contributed by atoms with Gasteiger partial charge >= 0.3 is 0 Å². The Kier molecular flexibility index (Phi) is 3.29. The summed E-state index contributed by atoms with van der Waals surface area (Å²) in [7, 11) is 0. The number of benzene rings is 1. The van der Waals surface area contributed by atoms with Crippen LogP contribution in [0.1, 0.15) is 32.6 Å². The van der Waals surface area contributed by atoms with E-state index in [4.69, 9.17) is 5.73 Å². The minimum atomic E-state index is 0.112. The van der Waals surface area contributed by atoms with Crippen LogP contribution >= 0.6 is 15.9 Å². The SMILES string of the molecule is CC1CCC2(CC1)CN=C(N)N2c1ccccc1Br. The molecule has 19 heavy (non-hydrogen) atoms. The molecule has 2 N–H and O–H groups in total. The minimum absolute atomic E-state index is 0.112. The van der Waals surface area contributed by atoms with Crippen LogP contribution in [0.4, 0.5) is 5.69 Å². The maximum Gasteiger partial charge on any atom is 0.196 e. The van der Waals surface area contributed by atoms with Crippen molar-refractivity contribution in [3.63, 3.8) is 0 Å². The summed E-state index contributed by atoms with van der Waals surface area (Å²) in [6.07, 6.45) is 4.90. The molecule has 1 spiro atoms. The summed E-state index contributed by atoms with van der Waals surface area (Å²) in [5, 5.41) is 0. The van der Waals surface area contributed by atoms with Crippen molar-refractivity contribution < 1.29 is 0 Å². The van der Waals surface area contributed by atoms with Crippen LogP contribution in [0.3, 0.4) is 0 Å². The van der Waals surface area contributed by atoms with Crippen LogP contribution in [0.15, 0.2) is 33.7 Å². The van der Waals surface area contributed by atoms with Gasteiger partial charge in [-0.25, -0.2) is 0 Å². The second kappa shape index (κ2) is 4.82. The summed E-state index contributed by atoms with van der Waals surface area (Å²) in [5.74, 6) is 1.50. The molecule has 3 nitrogen and oxygen atoms in total. The summed E-state index contributed by atoms with van der Waals surface area (Å²) in [6, 6.07) is 8.29. The highest BCUT2D eigenvalue weighted by atomic mass is 79.9. The van der Waals surface area contributed by atoms with Crippen LogP contribution in [0.25, 0.3) is 0 Å². The third-order valence-electron chi connectivity index (χ3n) is 4.54. The predicted molar refractivity (Wildman–Crippen MR) is 83.5 cm³/mol. The Bertz CT molecular complexity index is 504. The maximum atomic E-state index is 6.18. The lowest BCUT2D eigenvalue weighted by atomic mass is 9.76. The van der Waals surface area contributed by atoms with Crippen LogP contribution in [0.5, 0.6) is 0 Å². The quantitative estimate of drug-likeness (QED) is 0.859. The van der Waals surface area contributed by atoms with Crippen LogP contribution < -0.4 is 10.6 Å². The van der Waals surface area contributed by atoms with Crippen LogP contribution in [-0.2, 0) is 0 Å². The average Bonchev–Trinajstić information content (AvgIpc) is 2.72. The van der Waals surface area contributed by atoms with Gasteiger partial charge < -0.3 is 10.6 Å². The van der Waals surface area contributed by atoms with Gasteiger partial charge in [-0.3, -0.25) is 4.99 Å². The number of rotatable bonds is 1. The highest BCUT2D eigenvalue weighted by Crippen LogP contribution is 2.43. The molecule has 0 aromatic heterocycles. The number of nitrogens with two attached hydrogens (primary N) is 1. The molecule has 0 amide bonds. The van der Waals surface area contributed by atoms with E-state index in [9.17, 15) is 0 Å². The Labute approximate surface area is 123 Å². The van der Waals surface area contributed by atoms with E-state index in [1.54, 1.807) is 0 Å². The molecular formula is C15H20BrN3. The number of hydrogen-bond donors (Lipinski definition) is 1. The molecule has 4 heteroatoms. The smallest absolute Gasteiger partial charge is 0.196 e. The second-order valence-corrected chi connectivity index (χ2v) is 6.72. The van der Waals surface area contributed by atoms with Crippen molar-refractivity contribution in [2.24, 2.45) is 16.6 Å². The lowest BCUT2D eigenvalue weighted by molar-refractivity contribution is 0.261. The number of aliphatic imine (C=N–C) groups is 1. The Morgan fingerprint density at radius 3 is 2.68 bits per heavy atom. The molecule has 0 unspecified atom stereocenters. The van der Waals surface area contributed by atoms with Crippen LogP contribution in [0.2, 0.25) is 0 Å². The average molecular weight is 322 g/mol. The van der Waals surface area contributed by atoms with Gasteiger partial charge in [0, 0.05) is 4.47 Å². The Hall–Kier alpha value is -1.03. The maximum absolute atomic E-state index is 6.18. The monoisotopic (exact) mass is 321 g/mol. The Morgan fingerprint density at radius 2 is 2.00 bits per heavy atom. The number of hydrogen-bond acceptors (Lipinski definition) is 3. The van der Waals surface area contributed by atoms with E-state index < -0.39 is 0 Å². The van der Waals surface area contributed by atoms with E-state index in [1.165, 1.54) is 25.7 Å². The molecular weight excluding hydrogens is 302 g/mol. The van der Waals surface area contributed by atoms with Crippen molar-refractivity contribution in [1.82, 2.24) is 0 Å². The third-order valence-corrected chi connectivity index (χ3v) is 5.21. The van der Waals surface area contributed by atoms with Gasteiger partial charge in [0.1, 0.15) is 0 Å². The number of para-hydroxylation sites is 1. The zero-order valence-electron chi connectivity index (χ0n) is 11.3. The first-order chi connectivity index (χ1) is 9.12. The fourth-order valence-electron chi connectivity index (χ4n) is 3.31. The Morgan fingerprint density at radius 1 is 1.32 bits per heavy atom. The molecule has 0 bridgehead atoms. The third kappa shape index (κ3) is 2.16. The highest BCUT2D eigenvalue weighted by molar-refractivity contribution is 9.10. The molecule has 0 atom stereocenters. The molecule has 3 rings (SSSR count). The summed E-state index contributed by atoms with van der Waals surface area (Å²) in [6.45, 7) is 3.18. The van der Waals surface area contributed by atoms with Crippen LogP contribution in [-0.4, -0.2) is 18.0 Å². The number of halogens is 1. The van der Waals surface area contributed by atoms with Gasteiger partial charge in [-0.2, -0.15) is 0 Å². The molecule has 2 aliphatic rings. The normalized spacial score (nSPS) is 30.7. The van der Waals surface area contributed by atoms with Crippen molar-refractivity contribution in [3.05, 3.63) is 28.7 Å². The van der Waals surface area contributed by atoms with Gasteiger partial charge in [0.2, 0.25) is 0 Å². The second-order valence-electron chi connectivity index (χ2n) is 5.87. The summed E-state index contributed by atoms with van der Waals surface area (Å²) in [5.41, 5.74) is 7.44. The summed E-state index contributed by atoms with van der Waals surface area (Å²) < 4.78 is 1.09. The number of nitrogens with zero attached hydrogens (tertiary/aromatic N) is 2. The largest absolute Gasteiger partial charge is 0.369 e. The van der Waals surface area contributed by atoms with Crippen molar-refractivity contribution in [1.29, 1.82) is 0 Å². The summed E-state index contributed by atoms with van der Waals surface area (Å²) >= 11 is 3.64. The summed E-state index contributed by atoms with van der Waals surface area (Å²) in [4.78, 5) is 6.80. The molecule has 1 saturated carbocycles. The highest BCUT2D eigenvalue weighted by Gasteiger charge is 2.45. The lowest BCUT2D eigenvalue weighted by Crippen LogP contribution is -2.53. The van der Waals surface area contributed by atoms with Crippen molar-refractivity contribution in [3.8, 4) is 0 Å². The van der Waals surface area contributed by atoms with Crippen LogP contribution in [0, 0.1) is 5.92 Å². The molecule has 102 valence electrons. The number of anilines is 1. The molecule has 1 fully saturated rings. The van der Waals surface area contributed by atoms with Gasteiger partial charge in [0.05, 0.1) is 17.8 Å². The predicted octanol–water partition coefficient (Wildman–Crippen LogP) is 3.53. The fourth-order valence-corrected chi connectivity index (χ4v) is 3.77. The zero-order chi connectivity index (χ0) is 13.5. The zero-order valence-corrected chi connectivity index (χ0v) is 12.9. The van der Waals surface area contributed by atoms with E-state index >= 15 is 0 Å². The minimum Gasteiger partial charge on any atom is -0.369 e. The van der Waals surface area contributed by atoms with Gasteiger partial charge in [0.25, 0.3) is 0 Å². The standard InChI is InChI=1S/C15H20BrN3/c1-11-6-8-15(9-7-11)10-18-14(17)19(15)13-5-3-2-4-12(13)16/h2-5,11H,6-10H2,1H3,(H2,17,18). The molecule has 0 saturated heterocycles. The first-order valence-corrected chi connectivity index (χ1v) is 7.76. The van der Waals surface area contributed by atoms with Gasteiger partial charge in [-0.1, -0.05) is 19.1 Å². The molecule has 1 aromatic rings. The lowest BCUT2D eigenvalue weighted by Gasteiger charge is -2.43. The topological polar surface area (TPSA) is 41.6 Å². The first kappa shape index (κ1) is 13.0. The Balaban J connectivity index is 1.97. The molecule has 1 aliphatic heterocycles. The van der Waals surface area contributed by atoms with E-state index in [0.29, 0.717) is 5.96 Å². The molecule has 1 heterocycles. The molecule has 0 radical (unpaired) electrons. The number of guanidine groups is 1. The van der Waals surface area contributed by atoms with Crippen molar-refractivity contribution in [2.45, 2.75) is 38.1 Å². The van der Waals surface area contributed by atoms with Crippen molar-refractivity contribution >= 4 is 27.6 Å². The first-order valence-electron chi connectivity index (χ1n) is 6.97. The van der Waals surface area contributed by atoms with Crippen molar-refractivity contribution in [2.75, 3.05) is 11.4 Å². The van der Waals surface area contributed by atoms with E-state index in [2.05, 4.69) is 50.9 Å². The van der Waals surface area contributed by atoms with E-state index in [-0.39, 0.29) is 5.54 Å². The van der Waals surface area contributed by atoms with Gasteiger partial charge in [-0.15, -0.1) is 0 Å². The molecule has 1 aliphatic carbocycles. The van der Waals surface area contributed by atoms with Gasteiger partial charge in [-0.05, 0) is 59.7 Å². The fraction of sp³-hybridized carbons (Fsp3) is 0.533.